The average molecular weight is 416 g/mol. The normalized spacial score (nSPS) is 12.6. The van der Waals surface area contributed by atoms with E-state index in [1.165, 1.54) is 0 Å². The van der Waals surface area contributed by atoms with Gasteiger partial charge in [0.15, 0.2) is 0 Å². The molecule has 0 heterocycles. The number of phenolic OH excluding ortho intramolecular Hbond substituents is 2. The first-order valence-corrected chi connectivity index (χ1v) is 8.40. The van der Waals surface area contributed by atoms with Gasteiger partial charge in [-0.3, -0.25) is 0 Å². The van der Waals surface area contributed by atoms with Crippen molar-refractivity contribution in [3.8, 4) is 11.5 Å². The highest BCUT2D eigenvalue weighted by molar-refractivity contribution is 5.54. The molecule has 0 saturated carbocycles. The summed E-state index contributed by atoms with van der Waals surface area (Å²) in [6.45, 7) is 6.75. The van der Waals surface area contributed by atoms with Gasteiger partial charge in [0, 0.05) is 0 Å². The van der Waals surface area contributed by atoms with Gasteiger partial charge in [-0.25, -0.2) is 0 Å². The van der Waals surface area contributed by atoms with Gasteiger partial charge in [0.2, 0.25) is 5.41 Å². The Morgan fingerprint density at radius 3 is 1.31 bits per heavy atom. The maximum Gasteiger partial charge on any atom is 0.411 e. The van der Waals surface area contributed by atoms with Crippen molar-refractivity contribution < 1.29 is 36.6 Å². The van der Waals surface area contributed by atoms with E-state index >= 15 is 0 Å². The van der Waals surface area contributed by atoms with Gasteiger partial charge in [-0.15, -0.1) is 13.2 Å². The molecule has 0 aliphatic heterocycles. The number of hydrogen-bond donors (Lipinski definition) is 2. The molecule has 156 valence electrons. The van der Waals surface area contributed by atoms with E-state index in [1.54, 1.807) is 0 Å². The number of phenols is 2. The molecule has 8 heteroatoms. The molecular formula is C21H18F6O2. The minimum Gasteiger partial charge on any atom is -0.508 e. The first kappa shape index (κ1) is 22.4. The zero-order valence-corrected chi connectivity index (χ0v) is 15.1. The molecule has 2 rings (SSSR count). The number of halogens is 6. The summed E-state index contributed by atoms with van der Waals surface area (Å²) in [5.41, 5.74) is -7.25. The number of aromatic hydroxyl groups is 2. The van der Waals surface area contributed by atoms with Crippen LogP contribution in [0.1, 0.15) is 22.3 Å². The number of hydrogen-bond acceptors (Lipinski definition) is 2. The lowest BCUT2D eigenvalue weighted by atomic mass is 9.69. The van der Waals surface area contributed by atoms with Crippen molar-refractivity contribution in [3.05, 3.63) is 84.0 Å². The van der Waals surface area contributed by atoms with Gasteiger partial charge in [-0.05, 0) is 59.4 Å². The van der Waals surface area contributed by atoms with Crippen LogP contribution < -0.4 is 0 Å². The molecule has 0 unspecified atom stereocenters. The lowest BCUT2D eigenvalue weighted by Crippen LogP contribution is -2.55. The standard InChI is InChI=1S/C21H18F6O2/c1-3-5-13-11-15(28)7-9-17(13)19(20(22,23)24,21(25,26)27)18-10-8-16(29)12-14(18)6-4-2/h3-4,7-12,28-29H,1-2,5-6H2. The minimum atomic E-state index is -5.79. The van der Waals surface area contributed by atoms with E-state index in [9.17, 15) is 36.6 Å². The second kappa shape index (κ2) is 7.85. The average Bonchev–Trinajstić information content (AvgIpc) is 2.57. The molecule has 0 saturated heterocycles. The summed E-state index contributed by atoms with van der Waals surface area (Å²) in [6, 6.07) is 4.52. The number of allylic oxidation sites excluding steroid dienone is 2. The van der Waals surface area contributed by atoms with Crippen LogP contribution in [-0.4, -0.2) is 22.6 Å². The summed E-state index contributed by atoms with van der Waals surface area (Å²) >= 11 is 0. The molecule has 0 aliphatic rings. The van der Waals surface area contributed by atoms with Crippen LogP contribution in [0.2, 0.25) is 0 Å². The van der Waals surface area contributed by atoms with Crippen molar-refractivity contribution in [2.24, 2.45) is 0 Å². The van der Waals surface area contributed by atoms with Crippen molar-refractivity contribution in [2.75, 3.05) is 0 Å². The molecular weight excluding hydrogens is 398 g/mol. The van der Waals surface area contributed by atoms with Crippen LogP contribution in [0, 0.1) is 0 Å². The highest BCUT2D eigenvalue weighted by Gasteiger charge is 2.73. The Morgan fingerprint density at radius 2 is 1.03 bits per heavy atom. The molecule has 0 amide bonds. The van der Waals surface area contributed by atoms with Gasteiger partial charge >= 0.3 is 12.4 Å². The Labute approximate surface area is 163 Å². The van der Waals surface area contributed by atoms with Crippen LogP contribution in [0.15, 0.2) is 61.7 Å². The number of rotatable bonds is 6. The molecule has 0 radical (unpaired) electrons. The fraction of sp³-hybridized carbons (Fsp3) is 0.238. The van der Waals surface area contributed by atoms with Crippen molar-refractivity contribution in [3.63, 3.8) is 0 Å². The topological polar surface area (TPSA) is 40.5 Å². The maximum atomic E-state index is 14.4. The van der Waals surface area contributed by atoms with Gasteiger partial charge in [-0.1, -0.05) is 24.3 Å². The van der Waals surface area contributed by atoms with Crippen LogP contribution in [-0.2, 0) is 18.3 Å². The third kappa shape index (κ3) is 3.83. The predicted octanol–water partition coefficient (Wildman–Crippen LogP) is 5.97. The Bertz CT molecular complexity index is 837. The third-order valence-corrected chi connectivity index (χ3v) is 4.56. The summed E-state index contributed by atoms with van der Waals surface area (Å²) < 4.78 is 86.3. The van der Waals surface area contributed by atoms with Gasteiger partial charge in [-0.2, -0.15) is 26.3 Å². The smallest absolute Gasteiger partial charge is 0.411 e. The molecule has 0 aromatic heterocycles. The largest absolute Gasteiger partial charge is 0.508 e. The molecule has 2 aromatic carbocycles. The Balaban J connectivity index is 3.09. The van der Waals surface area contributed by atoms with Gasteiger partial charge in [0.05, 0.1) is 0 Å². The van der Waals surface area contributed by atoms with Crippen molar-refractivity contribution in [1.82, 2.24) is 0 Å². The summed E-state index contributed by atoms with van der Waals surface area (Å²) in [5.74, 6) is -0.943. The summed E-state index contributed by atoms with van der Waals surface area (Å²) in [5, 5.41) is 19.3. The van der Waals surface area contributed by atoms with Crippen LogP contribution in [0.5, 0.6) is 11.5 Å². The van der Waals surface area contributed by atoms with Crippen LogP contribution in [0.3, 0.4) is 0 Å². The van der Waals surface area contributed by atoms with Crippen LogP contribution in [0.25, 0.3) is 0 Å². The monoisotopic (exact) mass is 416 g/mol. The maximum absolute atomic E-state index is 14.4. The lowest BCUT2D eigenvalue weighted by molar-refractivity contribution is -0.289. The molecule has 0 spiro atoms. The first-order chi connectivity index (χ1) is 13.4. The van der Waals surface area contributed by atoms with Crippen LogP contribution >= 0.6 is 0 Å². The molecule has 29 heavy (non-hydrogen) atoms. The fourth-order valence-electron chi connectivity index (χ4n) is 3.46. The second-order valence-electron chi connectivity index (χ2n) is 6.41. The van der Waals surface area contributed by atoms with E-state index in [0.29, 0.717) is 12.1 Å². The Morgan fingerprint density at radius 1 is 0.690 bits per heavy atom. The van der Waals surface area contributed by atoms with E-state index in [2.05, 4.69) is 13.2 Å². The summed E-state index contributed by atoms with van der Waals surface area (Å²) in [4.78, 5) is 0. The van der Waals surface area contributed by atoms with E-state index < -0.39 is 40.4 Å². The molecule has 0 fully saturated rings. The lowest BCUT2D eigenvalue weighted by Gasteiger charge is -2.40. The van der Waals surface area contributed by atoms with Crippen molar-refractivity contribution in [2.45, 2.75) is 30.6 Å². The number of benzene rings is 2. The number of alkyl halides is 6. The second-order valence-corrected chi connectivity index (χ2v) is 6.41. The Hall–Kier alpha value is -2.90. The first-order valence-electron chi connectivity index (χ1n) is 8.40. The summed E-state index contributed by atoms with van der Waals surface area (Å²) in [7, 11) is 0. The molecule has 0 bridgehead atoms. The highest BCUT2D eigenvalue weighted by atomic mass is 19.4. The highest BCUT2D eigenvalue weighted by Crippen LogP contribution is 2.58. The van der Waals surface area contributed by atoms with E-state index in [4.69, 9.17) is 0 Å². The van der Waals surface area contributed by atoms with Crippen molar-refractivity contribution in [1.29, 1.82) is 0 Å². The molecule has 0 atom stereocenters. The zero-order chi connectivity index (χ0) is 22.0. The van der Waals surface area contributed by atoms with Crippen molar-refractivity contribution >= 4 is 0 Å². The van der Waals surface area contributed by atoms with Crippen LogP contribution in [0.4, 0.5) is 26.3 Å². The predicted molar refractivity (Wildman–Crippen MR) is 96.9 cm³/mol. The summed E-state index contributed by atoms with van der Waals surface area (Å²) in [6.07, 6.45) is -9.93. The van der Waals surface area contributed by atoms with Gasteiger partial charge in [0.25, 0.3) is 0 Å². The minimum absolute atomic E-state index is 0.327. The molecule has 2 nitrogen and oxygen atoms in total. The van der Waals surface area contributed by atoms with Gasteiger partial charge in [0.1, 0.15) is 11.5 Å². The van der Waals surface area contributed by atoms with E-state index in [1.807, 2.05) is 0 Å². The molecule has 2 aromatic rings. The van der Waals surface area contributed by atoms with E-state index in [-0.39, 0.29) is 24.0 Å². The third-order valence-electron chi connectivity index (χ3n) is 4.56. The van der Waals surface area contributed by atoms with Gasteiger partial charge < -0.3 is 10.2 Å². The van der Waals surface area contributed by atoms with E-state index in [0.717, 1.165) is 36.4 Å². The molecule has 2 N–H and O–H groups in total. The SMILES string of the molecule is C=CCc1cc(O)ccc1C(c1ccc(O)cc1CC=C)(C(F)(F)F)C(F)(F)F. The fourth-order valence-corrected chi connectivity index (χ4v) is 3.46. The molecule has 0 aliphatic carbocycles. The zero-order valence-electron chi connectivity index (χ0n) is 15.1. The quantitative estimate of drug-likeness (QED) is 0.450. The Kier molecular flexibility index (Phi) is 6.06.